The van der Waals surface area contributed by atoms with Crippen molar-refractivity contribution in [1.82, 2.24) is 10.2 Å². The molecular formula is C15H21N3O. The van der Waals surface area contributed by atoms with E-state index in [4.69, 9.17) is 10.5 Å². The van der Waals surface area contributed by atoms with E-state index in [1.807, 2.05) is 19.1 Å². The fourth-order valence-corrected chi connectivity index (χ4v) is 1.96. The van der Waals surface area contributed by atoms with Gasteiger partial charge in [0.15, 0.2) is 0 Å². The maximum atomic E-state index is 5.68. The van der Waals surface area contributed by atoms with Crippen molar-refractivity contribution in [3.05, 3.63) is 29.8 Å². The Kier molecular flexibility index (Phi) is 3.51. The number of benzene rings is 1. The number of hydrogen-bond acceptors (Lipinski definition) is 3. The van der Waals surface area contributed by atoms with E-state index < -0.39 is 0 Å². The molecule has 0 bridgehead atoms. The molecule has 2 rings (SSSR count). The first-order valence-electron chi connectivity index (χ1n) is 6.50. The Bertz CT molecular complexity index is 567. The zero-order valence-corrected chi connectivity index (χ0v) is 11.9. The molecule has 0 radical (unpaired) electrons. The number of aromatic amines is 1. The largest absolute Gasteiger partial charge is 0.493 e. The monoisotopic (exact) mass is 259 g/mol. The Morgan fingerprint density at radius 2 is 2.00 bits per heavy atom. The van der Waals surface area contributed by atoms with Crippen LogP contribution in [0.5, 0.6) is 5.75 Å². The van der Waals surface area contributed by atoms with Crippen molar-refractivity contribution in [2.24, 2.45) is 0 Å². The summed E-state index contributed by atoms with van der Waals surface area (Å²) >= 11 is 0. The predicted molar refractivity (Wildman–Crippen MR) is 78.3 cm³/mol. The van der Waals surface area contributed by atoms with Crippen LogP contribution in [0.25, 0.3) is 11.3 Å². The molecule has 0 unspecified atom stereocenters. The number of nitrogen functional groups attached to an aromatic ring is 1. The van der Waals surface area contributed by atoms with Gasteiger partial charge in [-0.15, -0.1) is 0 Å². The van der Waals surface area contributed by atoms with Crippen molar-refractivity contribution in [2.75, 3.05) is 12.3 Å². The highest BCUT2D eigenvalue weighted by Crippen LogP contribution is 2.34. The number of nitrogens with two attached hydrogens (primary N) is 1. The van der Waals surface area contributed by atoms with Gasteiger partial charge in [-0.05, 0) is 30.0 Å². The summed E-state index contributed by atoms with van der Waals surface area (Å²) in [6, 6.07) is 8.08. The van der Waals surface area contributed by atoms with Gasteiger partial charge in [0.1, 0.15) is 11.6 Å². The third kappa shape index (κ3) is 2.89. The average molecular weight is 259 g/mol. The Morgan fingerprint density at radius 3 is 2.53 bits per heavy atom. The second kappa shape index (κ2) is 4.96. The van der Waals surface area contributed by atoms with E-state index in [1.165, 1.54) is 5.56 Å². The smallest absolute Gasteiger partial charge is 0.145 e. The number of aromatic nitrogens is 2. The maximum absolute atomic E-state index is 5.68. The number of nitrogens with one attached hydrogen (secondary N) is 1. The summed E-state index contributed by atoms with van der Waals surface area (Å²) in [5, 5.41) is 6.93. The Labute approximate surface area is 114 Å². The highest BCUT2D eigenvalue weighted by atomic mass is 16.5. The minimum Gasteiger partial charge on any atom is -0.493 e. The Hall–Kier alpha value is -1.97. The average Bonchev–Trinajstić information content (AvgIpc) is 2.75. The predicted octanol–water partition coefficient (Wildman–Crippen LogP) is 3.36. The molecule has 0 saturated carbocycles. The summed E-state index contributed by atoms with van der Waals surface area (Å²) in [5.74, 6) is 1.33. The van der Waals surface area contributed by atoms with Gasteiger partial charge in [0.2, 0.25) is 0 Å². The Balaban J connectivity index is 2.54. The molecule has 0 saturated heterocycles. The maximum Gasteiger partial charge on any atom is 0.145 e. The van der Waals surface area contributed by atoms with Crippen LogP contribution in [0, 0.1) is 0 Å². The minimum absolute atomic E-state index is 0.0884. The van der Waals surface area contributed by atoms with E-state index in [9.17, 15) is 0 Å². The quantitative estimate of drug-likeness (QED) is 0.888. The summed E-state index contributed by atoms with van der Waals surface area (Å²) in [6.07, 6.45) is 0. The molecule has 0 spiro atoms. The van der Waals surface area contributed by atoms with Crippen molar-refractivity contribution in [3.8, 4) is 17.0 Å². The standard InChI is InChI=1S/C15H21N3O/c1-5-19-13-7-6-10(15(2,3)4)8-11(13)12-9-14(16)18-17-12/h6-9H,5H2,1-4H3,(H3,16,17,18). The normalized spacial score (nSPS) is 11.6. The van der Waals surface area contributed by atoms with E-state index in [0.29, 0.717) is 12.4 Å². The number of H-pyrrole nitrogens is 1. The van der Waals surface area contributed by atoms with Crippen LogP contribution < -0.4 is 10.5 Å². The summed E-state index contributed by atoms with van der Waals surface area (Å²) in [5.41, 5.74) is 8.90. The highest BCUT2D eigenvalue weighted by Gasteiger charge is 2.17. The van der Waals surface area contributed by atoms with Crippen molar-refractivity contribution < 1.29 is 4.74 Å². The molecule has 0 amide bonds. The molecule has 4 heteroatoms. The van der Waals surface area contributed by atoms with Gasteiger partial charge in [-0.3, -0.25) is 5.10 Å². The molecule has 0 fully saturated rings. The van der Waals surface area contributed by atoms with Crippen LogP contribution in [-0.2, 0) is 5.41 Å². The van der Waals surface area contributed by atoms with Crippen molar-refractivity contribution in [1.29, 1.82) is 0 Å². The lowest BCUT2D eigenvalue weighted by Gasteiger charge is -2.21. The summed E-state index contributed by atoms with van der Waals surface area (Å²) in [6.45, 7) is 9.17. The van der Waals surface area contributed by atoms with Crippen LogP contribution in [0.2, 0.25) is 0 Å². The SMILES string of the molecule is CCOc1ccc(C(C)(C)C)cc1-c1cc(N)n[nH]1. The topological polar surface area (TPSA) is 63.9 Å². The van der Waals surface area contributed by atoms with Crippen molar-refractivity contribution >= 4 is 5.82 Å². The van der Waals surface area contributed by atoms with Gasteiger partial charge in [0.25, 0.3) is 0 Å². The van der Waals surface area contributed by atoms with Crippen molar-refractivity contribution in [2.45, 2.75) is 33.1 Å². The second-order valence-electron chi connectivity index (χ2n) is 5.60. The molecule has 0 aliphatic rings. The molecule has 1 heterocycles. The highest BCUT2D eigenvalue weighted by molar-refractivity contribution is 5.70. The van der Waals surface area contributed by atoms with Crippen LogP contribution in [0.4, 0.5) is 5.82 Å². The molecule has 4 nitrogen and oxygen atoms in total. The van der Waals surface area contributed by atoms with Gasteiger partial charge in [0, 0.05) is 11.6 Å². The van der Waals surface area contributed by atoms with E-state index in [2.05, 4.69) is 43.1 Å². The number of hydrogen-bond donors (Lipinski definition) is 2. The van der Waals surface area contributed by atoms with Crippen LogP contribution in [0.3, 0.4) is 0 Å². The molecular weight excluding hydrogens is 238 g/mol. The zero-order valence-electron chi connectivity index (χ0n) is 11.9. The number of rotatable bonds is 3. The number of ether oxygens (including phenoxy) is 1. The number of nitrogens with zero attached hydrogens (tertiary/aromatic N) is 1. The minimum atomic E-state index is 0.0884. The molecule has 1 aromatic heterocycles. The van der Waals surface area contributed by atoms with Gasteiger partial charge in [-0.2, -0.15) is 5.10 Å². The molecule has 102 valence electrons. The molecule has 0 atom stereocenters. The second-order valence-corrected chi connectivity index (χ2v) is 5.60. The fraction of sp³-hybridized carbons (Fsp3) is 0.400. The first-order valence-corrected chi connectivity index (χ1v) is 6.50. The molecule has 19 heavy (non-hydrogen) atoms. The van der Waals surface area contributed by atoms with Gasteiger partial charge >= 0.3 is 0 Å². The molecule has 0 aliphatic carbocycles. The zero-order chi connectivity index (χ0) is 14.0. The molecule has 0 aliphatic heterocycles. The van der Waals surface area contributed by atoms with Crippen LogP contribution in [0.1, 0.15) is 33.3 Å². The molecule has 1 aromatic carbocycles. The summed E-state index contributed by atoms with van der Waals surface area (Å²) in [7, 11) is 0. The first kappa shape index (κ1) is 13.5. The fourth-order valence-electron chi connectivity index (χ4n) is 1.96. The van der Waals surface area contributed by atoms with E-state index in [1.54, 1.807) is 0 Å². The third-order valence-corrected chi connectivity index (χ3v) is 3.03. The molecule has 2 aromatic rings. The first-order chi connectivity index (χ1) is 8.91. The summed E-state index contributed by atoms with van der Waals surface area (Å²) in [4.78, 5) is 0. The van der Waals surface area contributed by atoms with E-state index in [0.717, 1.165) is 17.0 Å². The van der Waals surface area contributed by atoms with Crippen LogP contribution in [-0.4, -0.2) is 16.8 Å². The summed E-state index contributed by atoms with van der Waals surface area (Å²) < 4.78 is 5.68. The van der Waals surface area contributed by atoms with Gasteiger partial charge in [-0.25, -0.2) is 0 Å². The van der Waals surface area contributed by atoms with E-state index >= 15 is 0 Å². The van der Waals surface area contributed by atoms with Crippen molar-refractivity contribution in [3.63, 3.8) is 0 Å². The van der Waals surface area contributed by atoms with Gasteiger partial charge in [0.05, 0.1) is 12.3 Å². The van der Waals surface area contributed by atoms with Crippen LogP contribution in [0.15, 0.2) is 24.3 Å². The number of anilines is 1. The lowest BCUT2D eigenvalue weighted by Crippen LogP contribution is -2.11. The third-order valence-electron chi connectivity index (χ3n) is 3.03. The van der Waals surface area contributed by atoms with Crippen LogP contribution >= 0.6 is 0 Å². The lowest BCUT2D eigenvalue weighted by atomic mass is 9.85. The Morgan fingerprint density at radius 1 is 1.26 bits per heavy atom. The van der Waals surface area contributed by atoms with Gasteiger partial charge in [-0.1, -0.05) is 26.8 Å². The molecule has 3 N–H and O–H groups in total. The van der Waals surface area contributed by atoms with Gasteiger partial charge < -0.3 is 10.5 Å². The lowest BCUT2D eigenvalue weighted by molar-refractivity contribution is 0.341. The van der Waals surface area contributed by atoms with E-state index in [-0.39, 0.29) is 5.41 Å².